The standard InChI is InChI=1S/C15H14N2O3/c1-10-5-2-3-6-11(10)9-16-14(18)12-7-4-8-13(17-12)15(19)20/h2-8H,9H2,1H3,(H,16,18)(H,19,20). The number of rotatable bonds is 4. The summed E-state index contributed by atoms with van der Waals surface area (Å²) in [7, 11) is 0. The Balaban J connectivity index is 2.07. The van der Waals surface area contributed by atoms with Crippen LogP contribution in [0.1, 0.15) is 32.1 Å². The molecule has 0 radical (unpaired) electrons. The molecular weight excluding hydrogens is 256 g/mol. The van der Waals surface area contributed by atoms with Gasteiger partial charge in [0, 0.05) is 6.54 Å². The number of hydrogen-bond acceptors (Lipinski definition) is 3. The molecule has 0 aliphatic rings. The first-order chi connectivity index (χ1) is 9.58. The number of nitrogens with zero attached hydrogens (tertiary/aromatic N) is 1. The summed E-state index contributed by atoms with van der Waals surface area (Å²) in [5, 5.41) is 11.6. The zero-order valence-electron chi connectivity index (χ0n) is 11.0. The number of hydrogen-bond donors (Lipinski definition) is 2. The molecule has 0 spiro atoms. The Morgan fingerprint density at radius 3 is 2.50 bits per heavy atom. The summed E-state index contributed by atoms with van der Waals surface area (Å²) < 4.78 is 0. The van der Waals surface area contributed by atoms with Crippen LogP contribution in [-0.4, -0.2) is 22.0 Å². The molecule has 1 heterocycles. The molecule has 0 saturated carbocycles. The molecule has 0 saturated heterocycles. The van der Waals surface area contributed by atoms with E-state index in [-0.39, 0.29) is 11.4 Å². The summed E-state index contributed by atoms with van der Waals surface area (Å²) in [6.07, 6.45) is 0. The first-order valence-electron chi connectivity index (χ1n) is 6.11. The Labute approximate surface area is 116 Å². The number of aromatic nitrogens is 1. The molecule has 1 aromatic carbocycles. The highest BCUT2D eigenvalue weighted by molar-refractivity contribution is 5.94. The van der Waals surface area contributed by atoms with Crippen molar-refractivity contribution in [2.45, 2.75) is 13.5 Å². The second-order valence-electron chi connectivity index (χ2n) is 4.32. The molecule has 0 atom stereocenters. The van der Waals surface area contributed by atoms with Crippen molar-refractivity contribution >= 4 is 11.9 Å². The van der Waals surface area contributed by atoms with Gasteiger partial charge < -0.3 is 10.4 Å². The van der Waals surface area contributed by atoms with E-state index in [0.717, 1.165) is 11.1 Å². The van der Waals surface area contributed by atoms with E-state index in [1.165, 1.54) is 18.2 Å². The van der Waals surface area contributed by atoms with Gasteiger partial charge in [0.2, 0.25) is 0 Å². The number of benzene rings is 1. The van der Waals surface area contributed by atoms with Crippen LogP contribution < -0.4 is 5.32 Å². The Kier molecular flexibility index (Phi) is 4.10. The Hall–Kier alpha value is -2.69. The molecule has 0 bridgehead atoms. The van der Waals surface area contributed by atoms with Gasteiger partial charge in [-0.15, -0.1) is 0 Å². The Bertz CT molecular complexity index is 653. The van der Waals surface area contributed by atoms with Crippen molar-refractivity contribution in [3.05, 3.63) is 65.0 Å². The predicted molar refractivity (Wildman–Crippen MR) is 73.5 cm³/mol. The Morgan fingerprint density at radius 2 is 1.80 bits per heavy atom. The lowest BCUT2D eigenvalue weighted by atomic mass is 10.1. The van der Waals surface area contributed by atoms with E-state index in [2.05, 4.69) is 10.3 Å². The van der Waals surface area contributed by atoms with Crippen molar-refractivity contribution in [2.24, 2.45) is 0 Å². The van der Waals surface area contributed by atoms with E-state index in [4.69, 9.17) is 5.11 Å². The van der Waals surface area contributed by atoms with Gasteiger partial charge in [-0.2, -0.15) is 0 Å². The topological polar surface area (TPSA) is 79.3 Å². The average molecular weight is 270 g/mol. The van der Waals surface area contributed by atoms with Crippen molar-refractivity contribution in [1.29, 1.82) is 0 Å². The maximum atomic E-state index is 11.9. The van der Waals surface area contributed by atoms with Crippen LogP contribution in [0.5, 0.6) is 0 Å². The third-order valence-corrected chi connectivity index (χ3v) is 2.90. The van der Waals surface area contributed by atoms with Gasteiger partial charge in [-0.05, 0) is 30.2 Å². The number of carbonyl (C=O) groups is 2. The van der Waals surface area contributed by atoms with Crippen LogP contribution in [0, 0.1) is 6.92 Å². The molecule has 2 rings (SSSR count). The van der Waals surface area contributed by atoms with E-state index in [1.54, 1.807) is 0 Å². The van der Waals surface area contributed by atoms with Crippen molar-refractivity contribution in [3.8, 4) is 0 Å². The number of aromatic carboxylic acids is 1. The first kappa shape index (κ1) is 13.7. The molecule has 0 fully saturated rings. The van der Waals surface area contributed by atoms with E-state index >= 15 is 0 Å². The molecule has 0 aliphatic carbocycles. The fraction of sp³-hybridized carbons (Fsp3) is 0.133. The molecule has 5 nitrogen and oxygen atoms in total. The van der Waals surface area contributed by atoms with Crippen LogP contribution in [0.2, 0.25) is 0 Å². The fourth-order valence-corrected chi connectivity index (χ4v) is 1.75. The van der Waals surface area contributed by atoms with E-state index in [1.807, 2.05) is 31.2 Å². The predicted octanol–water partition coefficient (Wildman–Crippen LogP) is 2.02. The van der Waals surface area contributed by atoms with Crippen molar-refractivity contribution in [3.63, 3.8) is 0 Å². The number of pyridine rings is 1. The number of carboxylic acids is 1. The van der Waals surface area contributed by atoms with Crippen LogP contribution in [0.3, 0.4) is 0 Å². The molecule has 0 aliphatic heterocycles. The van der Waals surface area contributed by atoms with Gasteiger partial charge in [-0.25, -0.2) is 9.78 Å². The molecule has 5 heteroatoms. The summed E-state index contributed by atoms with van der Waals surface area (Å²) in [4.78, 5) is 26.5. The molecule has 0 unspecified atom stereocenters. The summed E-state index contributed by atoms with van der Waals surface area (Å²) in [5.74, 6) is -1.55. The monoisotopic (exact) mass is 270 g/mol. The highest BCUT2D eigenvalue weighted by atomic mass is 16.4. The van der Waals surface area contributed by atoms with E-state index in [9.17, 15) is 9.59 Å². The maximum absolute atomic E-state index is 11.9. The minimum Gasteiger partial charge on any atom is -0.477 e. The normalized spacial score (nSPS) is 10.1. The molecule has 1 aromatic heterocycles. The minimum atomic E-state index is -1.15. The summed E-state index contributed by atoms with van der Waals surface area (Å²) in [6, 6.07) is 12.1. The first-order valence-corrected chi connectivity index (χ1v) is 6.11. The van der Waals surface area contributed by atoms with Gasteiger partial charge in [0.1, 0.15) is 11.4 Å². The molecule has 2 N–H and O–H groups in total. The quantitative estimate of drug-likeness (QED) is 0.890. The van der Waals surface area contributed by atoms with Gasteiger partial charge in [0.05, 0.1) is 0 Å². The van der Waals surface area contributed by atoms with Crippen LogP contribution in [0.15, 0.2) is 42.5 Å². The largest absolute Gasteiger partial charge is 0.477 e. The van der Waals surface area contributed by atoms with Crippen molar-refractivity contribution in [2.75, 3.05) is 0 Å². The number of amides is 1. The zero-order chi connectivity index (χ0) is 14.5. The number of carboxylic acid groups (broad SMARTS) is 1. The summed E-state index contributed by atoms with van der Waals surface area (Å²) >= 11 is 0. The van der Waals surface area contributed by atoms with Crippen LogP contribution in [-0.2, 0) is 6.54 Å². The van der Waals surface area contributed by atoms with E-state index in [0.29, 0.717) is 6.54 Å². The van der Waals surface area contributed by atoms with Gasteiger partial charge in [0.25, 0.3) is 5.91 Å². The molecular formula is C15H14N2O3. The van der Waals surface area contributed by atoms with Crippen molar-refractivity contribution < 1.29 is 14.7 Å². The van der Waals surface area contributed by atoms with E-state index < -0.39 is 11.9 Å². The minimum absolute atomic E-state index is 0.0958. The van der Waals surface area contributed by atoms with Gasteiger partial charge in [-0.1, -0.05) is 30.3 Å². The van der Waals surface area contributed by atoms with Gasteiger partial charge >= 0.3 is 5.97 Å². The Morgan fingerprint density at radius 1 is 1.10 bits per heavy atom. The third-order valence-electron chi connectivity index (χ3n) is 2.90. The molecule has 2 aromatic rings. The number of carbonyl (C=O) groups excluding carboxylic acids is 1. The van der Waals surface area contributed by atoms with Crippen LogP contribution in [0.4, 0.5) is 0 Å². The average Bonchev–Trinajstić information content (AvgIpc) is 2.46. The lowest BCUT2D eigenvalue weighted by Crippen LogP contribution is -2.24. The molecule has 20 heavy (non-hydrogen) atoms. The fourth-order valence-electron chi connectivity index (χ4n) is 1.75. The van der Waals surface area contributed by atoms with Gasteiger partial charge in [0.15, 0.2) is 0 Å². The van der Waals surface area contributed by atoms with Crippen LogP contribution >= 0.6 is 0 Å². The van der Waals surface area contributed by atoms with Gasteiger partial charge in [-0.3, -0.25) is 4.79 Å². The molecule has 102 valence electrons. The smallest absolute Gasteiger partial charge is 0.354 e. The number of aryl methyl sites for hydroxylation is 1. The number of nitrogens with one attached hydrogen (secondary N) is 1. The lowest BCUT2D eigenvalue weighted by molar-refractivity contribution is 0.0690. The maximum Gasteiger partial charge on any atom is 0.354 e. The second kappa shape index (κ2) is 5.97. The van der Waals surface area contributed by atoms with Crippen LogP contribution in [0.25, 0.3) is 0 Å². The SMILES string of the molecule is Cc1ccccc1CNC(=O)c1cccc(C(=O)O)n1. The summed E-state index contributed by atoms with van der Waals surface area (Å²) in [6.45, 7) is 2.34. The molecule has 1 amide bonds. The summed E-state index contributed by atoms with van der Waals surface area (Å²) in [5.41, 5.74) is 2.04. The zero-order valence-corrected chi connectivity index (χ0v) is 11.0. The lowest BCUT2D eigenvalue weighted by Gasteiger charge is -2.07. The second-order valence-corrected chi connectivity index (χ2v) is 4.32. The highest BCUT2D eigenvalue weighted by Crippen LogP contribution is 2.07. The highest BCUT2D eigenvalue weighted by Gasteiger charge is 2.11. The third kappa shape index (κ3) is 3.20. The van der Waals surface area contributed by atoms with Crippen molar-refractivity contribution in [1.82, 2.24) is 10.3 Å².